The maximum atomic E-state index is 15.4. The number of hydrogen-bond donors (Lipinski definition) is 2. The zero-order chi connectivity index (χ0) is 26.4. The number of fused-ring (bicyclic) bond motifs is 3. The molecule has 1 saturated carbocycles. The first kappa shape index (κ1) is 26.5. The van der Waals surface area contributed by atoms with E-state index in [-0.39, 0.29) is 35.2 Å². The Morgan fingerprint density at radius 2 is 1.89 bits per heavy atom. The Balaban J connectivity index is 1.63. The summed E-state index contributed by atoms with van der Waals surface area (Å²) in [5.74, 6) is -13.1. The average molecular weight is 549 g/mol. The van der Waals surface area contributed by atoms with E-state index in [1.165, 1.54) is 6.07 Å². The number of carbonyl (C=O) groups is 3. The van der Waals surface area contributed by atoms with Gasteiger partial charge in [-0.25, -0.2) is 8.78 Å². The van der Waals surface area contributed by atoms with Crippen molar-refractivity contribution in [2.24, 2.45) is 11.8 Å². The molecule has 36 heavy (non-hydrogen) atoms. The Morgan fingerprint density at radius 3 is 2.44 bits per heavy atom. The lowest BCUT2D eigenvalue weighted by Crippen LogP contribution is -2.70. The first-order valence-electron chi connectivity index (χ1n) is 11.4. The molecule has 3 heterocycles. The summed E-state index contributed by atoms with van der Waals surface area (Å²) < 4.78 is 60.4. The molecule has 0 aromatic heterocycles. The molecule has 2 N–H and O–H groups in total. The van der Waals surface area contributed by atoms with Crippen molar-refractivity contribution in [1.29, 1.82) is 5.26 Å². The summed E-state index contributed by atoms with van der Waals surface area (Å²) in [6.07, 6.45) is -0.638. The minimum atomic E-state index is -4.21. The van der Waals surface area contributed by atoms with E-state index in [2.05, 4.69) is 10.6 Å². The fourth-order valence-electron chi connectivity index (χ4n) is 5.38. The van der Waals surface area contributed by atoms with Crippen LogP contribution in [0.15, 0.2) is 18.2 Å². The molecule has 0 unspecified atom stereocenters. The molecule has 7 nitrogen and oxygen atoms in total. The number of amides is 3. The highest BCUT2D eigenvalue weighted by Crippen LogP contribution is 2.50. The van der Waals surface area contributed by atoms with E-state index in [4.69, 9.17) is 23.2 Å². The number of benzene rings is 1. The van der Waals surface area contributed by atoms with Crippen LogP contribution >= 0.6 is 23.2 Å². The van der Waals surface area contributed by atoms with Crippen molar-refractivity contribution in [3.05, 3.63) is 33.8 Å². The van der Waals surface area contributed by atoms with E-state index in [0.717, 1.165) is 12.1 Å². The van der Waals surface area contributed by atoms with Crippen molar-refractivity contribution in [3.63, 3.8) is 0 Å². The number of nitrogens with zero attached hydrogens (tertiary/aromatic N) is 2. The van der Waals surface area contributed by atoms with Crippen LogP contribution < -0.4 is 10.6 Å². The third-order valence-electron chi connectivity index (χ3n) is 7.09. The molecule has 4 fully saturated rings. The van der Waals surface area contributed by atoms with Crippen LogP contribution in [-0.2, 0) is 20.3 Å². The molecule has 4 aliphatic rings. The molecule has 1 aromatic rings. The minimum Gasteiger partial charge on any atom is -0.356 e. The maximum absolute atomic E-state index is 15.4. The zero-order valence-corrected chi connectivity index (χ0v) is 20.3. The molecule has 3 aliphatic heterocycles. The van der Waals surface area contributed by atoms with Gasteiger partial charge in [-0.15, -0.1) is 0 Å². The third-order valence-corrected chi connectivity index (χ3v) is 7.52. The monoisotopic (exact) mass is 548 g/mol. The quantitative estimate of drug-likeness (QED) is 0.530. The van der Waals surface area contributed by atoms with Gasteiger partial charge >= 0.3 is 5.92 Å². The highest BCUT2D eigenvalue weighted by atomic mass is 35.5. The third kappa shape index (κ3) is 4.85. The summed E-state index contributed by atoms with van der Waals surface area (Å²) in [6.45, 7) is 0.402. The summed E-state index contributed by atoms with van der Waals surface area (Å²) in [5.41, 5.74) is -0.834. The number of hydrogen-bond acceptors (Lipinski definition) is 4. The Bertz CT molecular complexity index is 1110. The molecule has 3 saturated heterocycles. The highest BCUT2D eigenvalue weighted by Gasteiger charge is 2.63. The number of nitrogens with one attached hydrogen (secondary N) is 2. The summed E-state index contributed by atoms with van der Waals surface area (Å²) in [7, 11) is 0. The van der Waals surface area contributed by atoms with Crippen molar-refractivity contribution in [2.45, 2.75) is 62.1 Å². The first-order chi connectivity index (χ1) is 16.8. The summed E-state index contributed by atoms with van der Waals surface area (Å²) in [6, 6.07) is 0.232. The van der Waals surface area contributed by atoms with Crippen molar-refractivity contribution in [1.82, 2.24) is 15.5 Å². The lowest BCUT2D eigenvalue weighted by molar-refractivity contribution is -0.207. The van der Waals surface area contributed by atoms with Gasteiger partial charge in [0.1, 0.15) is 12.1 Å². The van der Waals surface area contributed by atoms with Gasteiger partial charge in [0, 0.05) is 40.5 Å². The predicted octanol–water partition coefficient (Wildman–Crippen LogP) is 3.63. The van der Waals surface area contributed by atoms with Crippen LogP contribution in [0.2, 0.25) is 10.0 Å². The molecule has 1 aromatic carbocycles. The molecule has 0 radical (unpaired) electrons. The lowest BCUT2D eigenvalue weighted by atomic mass is 9.71. The molecular formula is C23H22Cl2F4N4O3. The second kappa shape index (κ2) is 9.71. The van der Waals surface area contributed by atoms with Gasteiger partial charge in [0.2, 0.25) is 11.8 Å². The van der Waals surface area contributed by atoms with E-state index in [9.17, 15) is 28.4 Å². The second-order valence-electron chi connectivity index (χ2n) is 9.40. The van der Waals surface area contributed by atoms with Crippen LogP contribution in [0.3, 0.4) is 0 Å². The summed E-state index contributed by atoms with van der Waals surface area (Å²) in [5, 5.41) is 14.1. The number of rotatable bonds is 6. The average Bonchev–Trinajstić information content (AvgIpc) is 3.20. The van der Waals surface area contributed by atoms with Gasteiger partial charge in [0.25, 0.3) is 11.8 Å². The normalized spacial score (nSPS) is 27.8. The molecule has 2 bridgehead atoms. The maximum Gasteiger partial charge on any atom is 0.350 e. The fraction of sp³-hybridized carbons (Fsp3) is 0.565. The largest absolute Gasteiger partial charge is 0.356 e. The van der Waals surface area contributed by atoms with E-state index in [1.54, 1.807) is 0 Å². The smallest absolute Gasteiger partial charge is 0.350 e. The Hall–Kier alpha value is -2.58. The van der Waals surface area contributed by atoms with Gasteiger partial charge in [-0.3, -0.25) is 14.4 Å². The molecule has 5 rings (SSSR count). The molecule has 3 amide bonds. The number of carbonyl (C=O) groups excluding carboxylic acids is 3. The number of nitriles is 1. The van der Waals surface area contributed by atoms with Crippen LogP contribution in [0.25, 0.3) is 0 Å². The van der Waals surface area contributed by atoms with Crippen molar-refractivity contribution in [2.75, 3.05) is 6.54 Å². The minimum absolute atomic E-state index is 0.0199. The van der Waals surface area contributed by atoms with E-state index < -0.39 is 65.6 Å². The van der Waals surface area contributed by atoms with E-state index in [0.29, 0.717) is 17.9 Å². The van der Waals surface area contributed by atoms with Gasteiger partial charge in [-0.05, 0) is 43.9 Å². The van der Waals surface area contributed by atoms with Crippen LogP contribution in [0.4, 0.5) is 17.6 Å². The molecule has 194 valence electrons. The molecular weight excluding hydrogens is 527 g/mol. The van der Waals surface area contributed by atoms with Gasteiger partial charge < -0.3 is 15.5 Å². The van der Waals surface area contributed by atoms with Crippen LogP contribution in [0, 0.1) is 23.2 Å². The van der Waals surface area contributed by atoms with Gasteiger partial charge in [-0.1, -0.05) is 23.2 Å². The molecule has 13 heteroatoms. The SMILES string of the molecule is N#C[C@@H](C[C@H]1CCNC1=O)NC(=O)[C@H]1[C@@H]2CC[C@@H](CC2(F)F)N1C(=O)C(F)(F)c1cc(Cl)cc(Cl)c1. The standard InChI is InChI=1S/C23H22Cl2F4N4O3/c24-13-6-12(7-14(25)8-13)23(28,29)21(36)33-16-1-2-17(22(26,27)9-16)18(33)20(35)32-15(10-30)5-11-3-4-31-19(11)34/h6-8,11,15-18H,1-5,9H2,(H,31,34)(H,32,35)/t11-,15-,16+,17+,18-/m1/s1. The van der Waals surface area contributed by atoms with Crippen molar-refractivity contribution < 1.29 is 31.9 Å². The van der Waals surface area contributed by atoms with Gasteiger partial charge in [0.05, 0.1) is 12.0 Å². The summed E-state index contributed by atoms with van der Waals surface area (Å²) >= 11 is 11.6. The van der Waals surface area contributed by atoms with Gasteiger partial charge in [-0.2, -0.15) is 14.0 Å². The van der Waals surface area contributed by atoms with Crippen molar-refractivity contribution >= 4 is 40.9 Å². The molecule has 5 atom stereocenters. The van der Waals surface area contributed by atoms with E-state index in [1.807, 2.05) is 6.07 Å². The Labute approximate surface area is 214 Å². The molecule has 0 spiro atoms. The Morgan fingerprint density at radius 1 is 1.22 bits per heavy atom. The lowest BCUT2D eigenvalue weighted by Gasteiger charge is -2.54. The number of alkyl halides is 4. The molecule has 1 aliphatic carbocycles. The number of piperidine rings is 2. The highest BCUT2D eigenvalue weighted by molar-refractivity contribution is 6.34. The van der Waals surface area contributed by atoms with Crippen LogP contribution in [0.5, 0.6) is 0 Å². The van der Waals surface area contributed by atoms with Crippen molar-refractivity contribution in [3.8, 4) is 6.07 Å². The Kier molecular flexibility index (Phi) is 7.14. The first-order valence-corrected chi connectivity index (χ1v) is 12.1. The van der Waals surface area contributed by atoms with E-state index >= 15 is 8.78 Å². The van der Waals surface area contributed by atoms with Crippen LogP contribution in [0.1, 0.15) is 37.7 Å². The van der Waals surface area contributed by atoms with Gasteiger partial charge in [0.15, 0.2) is 0 Å². The summed E-state index contributed by atoms with van der Waals surface area (Å²) in [4.78, 5) is 38.8. The second-order valence-corrected chi connectivity index (χ2v) is 10.3. The number of halogens is 6. The van der Waals surface area contributed by atoms with Crippen LogP contribution in [-0.4, -0.2) is 53.2 Å². The predicted molar refractivity (Wildman–Crippen MR) is 120 cm³/mol. The topological polar surface area (TPSA) is 102 Å². The fourth-order valence-corrected chi connectivity index (χ4v) is 5.90. The zero-order valence-electron chi connectivity index (χ0n) is 18.7.